The van der Waals surface area contributed by atoms with Crippen molar-refractivity contribution in [3.63, 3.8) is 0 Å². The fourth-order valence-corrected chi connectivity index (χ4v) is 5.43. The number of piperidine rings is 1. The largest absolute Gasteiger partial charge is 0.508 e. The quantitative estimate of drug-likeness (QED) is 0.833. The molecule has 1 aromatic rings. The zero-order chi connectivity index (χ0) is 15.3. The van der Waals surface area contributed by atoms with Crippen molar-refractivity contribution in [2.75, 3.05) is 13.1 Å². The van der Waals surface area contributed by atoms with Gasteiger partial charge in [-0.15, -0.1) is 0 Å². The maximum Gasteiger partial charge on any atom is 0.115 e. The standard InChI is InChI=1S/C20H27NO/c1-14(2)7-10-21-11-9-20-8-3-4-17(20)19(21)12-15-5-6-16(22)13-18(15)20/h5-7,13,17,19,22H,3-4,8-12H2,1-2H3/t17-,19+,20+/m0/s1. The summed E-state index contributed by atoms with van der Waals surface area (Å²) in [5, 5.41) is 9.98. The second-order valence-corrected chi connectivity index (χ2v) is 7.79. The second-order valence-electron chi connectivity index (χ2n) is 7.79. The van der Waals surface area contributed by atoms with Gasteiger partial charge in [-0.1, -0.05) is 24.1 Å². The number of aromatic hydroxyl groups is 1. The van der Waals surface area contributed by atoms with E-state index in [1.807, 2.05) is 6.07 Å². The summed E-state index contributed by atoms with van der Waals surface area (Å²) in [6.07, 6.45) is 8.85. The highest BCUT2D eigenvalue weighted by Gasteiger charge is 2.54. The molecule has 2 nitrogen and oxygen atoms in total. The van der Waals surface area contributed by atoms with Gasteiger partial charge in [-0.3, -0.25) is 4.90 Å². The number of phenols is 1. The average molecular weight is 297 g/mol. The summed E-state index contributed by atoms with van der Waals surface area (Å²) in [5.41, 5.74) is 4.75. The summed E-state index contributed by atoms with van der Waals surface area (Å²) >= 11 is 0. The lowest BCUT2D eigenvalue weighted by Crippen LogP contribution is -2.57. The van der Waals surface area contributed by atoms with E-state index in [0.29, 0.717) is 17.2 Å². The van der Waals surface area contributed by atoms with Gasteiger partial charge in [0.05, 0.1) is 0 Å². The van der Waals surface area contributed by atoms with Gasteiger partial charge in [-0.25, -0.2) is 0 Å². The third-order valence-electron chi connectivity index (χ3n) is 6.42. The Morgan fingerprint density at radius 3 is 3.05 bits per heavy atom. The van der Waals surface area contributed by atoms with Crippen LogP contribution in [0.1, 0.15) is 50.7 Å². The van der Waals surface area contributed by atoms with E-state index in [4.69, 9.17) is 0 Å². The van der Waals surface area contributed by atoms with E-state index in [0.717, 1.165) is 12.5 Å². The van der Waals surface area contributed by atoms with Crippen LogP contribution in [0.2, 0.25) is 0 Å². The molecular formula is C20H27NO. The minimum Gasteiger partial charge on any atom is -0.508 e. The first-order valence-electron chi connectivity index (χ1n) is 8.80. The lowest BCUT2D eigenvalue weighted by molar-refractivity contribution is 0.0396. The van der Waals surface area contributed by atoms with Gasteiger partial charge in [-0.05, 0) is 75.3 Å². The summed E-state index contributed by atoms with van der Waals surface area (Å²) in [6, 6.07) is 6.83. The fourth-order valence-electron chi connectivity index (χ4n) is 5.43. The fraction of sp³-hybridized carbons (Fsp3) is 0.600. The van der Waals surface area contributed by atoms with Gasteiger partial charge >= 0.3 is 0 Å². The van der Waals surface area contributed by atoms with Gasteiger partial charge in [0, 0.05) is 18.0 Å². The lowest BCUT2D eigenvalue weighted by Gasteiger charge is -2.54. The SMILES string of the molecule is CC(C)=CCN1CC[C@]23CCC[C@H]2[C@H]1Cc1ccc(O)cc13. The van der Waals surface area contributed by atoms with E-state index < -0.39 is 0 Å². The van der Waals surface area contributed by atoms with Crippen LogP contribution < -0.4 is 0 Å². The summed E-state index contributed by atoms with van der Waals surface area (Å²) in [6.45, 7) is 6.71. The Balaban J connectivity index is 1.74. The summed E-state index contributed by atoms with van der Waals surface area (Å²) in [5.74, 6) is 1.24. The smallest absolute Gasteiger partial charge is 0.115 e. The predicted molar refractivity (Wildman–Crippen MR) is 90.2 cm³/mol. The van der Waals surface area contributed by atoms with Crippen molar-refractivity contribution in [3.8, 4) is 5.75 Å². The molecule has 22 heavy (non-hydrogen) atoms. The van der Waals surface area contributed by atoms with Crippen molar-refractivity contribution in [1.82, 2.24) is 4.90 Å². The third kappa shape index (κ3) is 2.04. The molecule has 1 heterocycles. The zero-order valence-electron chi connectivity index (χ0n) is 13.8. The average Bonchev–Trinajstić information content (AvgIpc) is 2.93. The number of allylic oxidation sites excluding steroid dienone is 1. The Labute approximate surface area is 133 Å². The van der Waals surface area contributed by atoms with Crippen molar-refractivity contribution >= 4 is 0 Å². The first kappa shape index (κ1) is 14.3. The Kier molecular flexibility index (Phi) is 3.34. The molecule has 0 spiro atoms. The van der Waals surface area contributed by atoms with Crippen LogP contribution in [-0.2, 0) is 11.8 Å². The second kappa shape index (κ2) is 5.13. The predicted octanol–water partition coefficient (Wildman–Crippen LogP) is 4.03. The number of hydrogen-bond acceptors (Lipinski definition) is 2. The summed E-state index contributed by atoms with van der Waals surface area (Å²) < 4.78 is 0. The zero-order valence-corrected chi connectivity index (χ0v) is 13.8. The molecule has 2 aliphatic carbocycles. The van der Waals surface area contributed by atoms with Crippen LogP contribution in [0, 0.1) is 5.92 Å². The molecule has 1 saturated carbocycles. The molecule has 118 valence electrons. The Hall–Kier alpha value is -1.28. The molecule has 0 aromatic heterocycles. The maximum atomic E-state index is 9.98. The van der Waals surface area contributed by atoms with E-state index in [9.17, 15) is 5.11 Å². The number of likely N-dealkylation sites (tertiary alicyclic amines) is 1. The molecule has 0 radical (unpaired) electrons. The minimum absolute atomic E-state index is 0.360. The van der Waals surface area contributed by atoms with Crippen LogP contribution in [0.15, 0.2) is 29.8 Å². The molecule has 0 amide bonds. The number of fused-ring (bicyclic) bond motifs is 1. The highest BCUT2D eigenvalue weighted by atomic mass is 16.3. The van der Waals surface area contributed by atoms with Crippen molar-refractivity contribution < 1.29 is 5.11 Å². The number of benzene rings is 1. The van der Waals surface area contributed by atoms with Crippen molar-refractivity contribution in [1.29, 1.82) is 0 Å². The number of rotatable bonds is 2. The van der Waals surface area contributed by atoms with Crippen LogP contribution in [0.25, 0.3) is 0 Å². The van der Waals surface area contributed by atoms with E-state index >= 15 is 0 Å². The molecule has 1 N–H and O–H groups in total. The molecule has 2 heteroatoms. The van der Waals surface area contributed by atoms with Crippen molar-refractivity contribution in [3.05, 3.63) is 41.0 Å². The van der Waals surface area contributed by atoms with Crippen molar-refractivity contribution in [2.45, 2.75) is 57.4 Å². The molecule has 2 bridgehead atoms. The minimum atomic E-state index is 0.360. The van der Waals surface area contributed by atoms with E-state index in [1.54, 1.807) is 0 Å². The molecule has 1 aromatic carbocycles. The normalized spacial score (nSPS) is 33.2. The topological polar surface area (TPSA) is 23.5 Å². The Morgan fingerprint density at radius 1 is 1.36 bits per heavy atom. The van der Waals surface area contributed by atoms with Gasteiger partial charge in [0.1, 0.15) is 5.75 Å². The highest BCUT2D eigenvalue weighted by molar-refractivity contribution is 5.45. The molecule has 1 saturated heterocycles. The van der Waals surface area contributed by atoms with Gasteiger partial charge in [0.25, 0.3) is 0 Å². The molecule has 3 atom stereocenters. The summed E-state index contributed by atoms with van der Waals surface area (Å²) in [7, 11) is 0. The van der Waals surface area contributed by atoms with Crippen LogP contribution >= 0.6 is 0 Å². The van der Waals surface area contributed by atoms with Crippen LogP contribution in [0.4, 0.5) is 0 Å². The number of phenolic OH excluding ortho intramolecular Hbond substituents is 1. The lowest BCUT2D eigenvalue weighted by atomic mass is 9.59. The number of hydrogen-bond donors (Lipinski definition) is 1. The Morgan fingerprint density at radius 2 is 2.23 bits per heavy atom. The van der Waals surface area contributed by atoms with E-state index in [2.05, 4.69) is 37.0 Å². The van der Waals surface area contributed by atoms with Crippen molar-refractivity contribution in [2.24, 2.45) is 5.92 Å². The van der Waals surface area contributed by atoms with E-state index in [1.165, 1.54) is 55.3 Å². The summed E-state index contributed by atoms with van der Waals surface area (Å²) in [4.78, 5) is 2.72. The number of nitrogens with zero attached hydrogens (tertiary/aromatic N) is 1. The third-order valence-corrected chi connectivity index (χ3v) is 6.42. The van der Waals surface area contributed by atoms with Crippen LogP contribution in [-0.4, -0.2) is 29.1 Å². The van der Waals surface area contributed by atoms with Gasteiger partial charge in [0.15, 0.2) is 0 Å². The van der Waals surface area contributed by atoms with Crippen LogP contribution in [0.5, 0.6) is 5.75 Å². The molecule has 2 fully saturated rings. The van der Waals surface area contributed by atoms with Gasteiger partial charge in [0.2, 0.25) is 0 Å². The van der Waals surface area contributed by atoms with E-state index in [-0.39, 0.29) is 0 Å². The molecule has 1 aliphatic heterocycles. The molecule has 4 rings (SSSR count). The first-order chi connectivity index (χ1) is 10.6. The Bertz CT molecular complexity index is 616. The molecular weight excluding hydrogens is 270 g/mol. The maximum absolute atomic E-state index is 9.98. The molecule has 0 unspecified atom stereocenters. The van der Waals surface area contributed by atoms with Gasteiger partial charge in [-0.2, -0.15) is 0 Å². The van der Waals surface area contributed by atoms with Crippen LogP contribution in [0.3, 0.4) is 0 Å². The van der Waals surface area contributed by atoms with Gasteiger partial charge < -0.3 is 5.11 Å². The monoisotopic (exact) mass is 297 g/mol. The first-order valence-corrected chi connectivity index (χ1v) is 8.80. The molecule has 3 aliphatic rings. The highest BCUT2D eigenvalue weighted by Crippen LogP contribution is 2.57.